The van der Waals surface area contributed by atoms with Crippen molar-refractivity contribution in [3.8, 4) is 0 Å². The summed E-state index contributed by atoms with van der Waals surface area (Å²) in [6.07, 6.45) is 3.10. The molecule has 1 aliphatic rings. The molecule has 0 heterocycles. The Morgan fingerprint density at radius 3 is 2.42 bits per heavy atom. The van der Waals surface area contributed by atoms with Crippen LogP contribution in [0.4, 0.5) is 0 Å². The van der Waals surface area contributed by atoms with Gasteiger partial charge in [0.25, 0.3) is 0 Å². The third-order valence-corrected chi connectivity index (χ3v) is 4.01. The van der Waals surface area contributed by atoms with Crippen LogP contribution in [0.25, 0.3) is 0 Å². The van der Waals surface area contributed by atoms with E-state index in [1.807, 2.05) is 0 Å². The first-order valence-electron chi connectivity index (χ1n) is 7.33. The van der Waals surface area contributed by atoms with E-state index in [0.717, 1.165) is 32.5 Å². The molecule has 1 fully saturated rings. The summed E-state index contributed by atoms with van der Waals surface area (Å²) in [5.74, 6) is -1.72. The molecule has 0 aromatic rings. The number of carboxylic acid groups (broad SMARTS) is 1. The number of hydrogen-bond donors (Lipinski definition) is 2. The fourth-order valence-electron chi connectivity index (χ4n) is 2.75. The first-order chi connectivity index (χ1) is 9.10. The van der Waals surface area contributed by atoms with Crippen LogP contribution < -0.4 is 5.32 Å². The van der Waals surface area contributed by atoms with Crippen molar-refractivity contribution in [3.05, 3.63) is 0 Å². The van der Waals surface area contributed by atoms with Crippen molar-refractivity contribution in [3.63, 3.8) is 0 Å². The lowest BCUT2D eigenvalue weighted by Crippen LogP contribution is -2.36. The van der Waals surface area contributed by atoms with Crippen molar-refractivity contribution in [2.75, 3.05) is 26.2 Å². The first kappa shape index (κ1) is 16.0. The number of amides is 1. The van der Waals surface area contributed by atoms with Gasteiger partial charge < -0.3 is 15.3 Å². The Kier molecular flexibility index (Phi) is 6.84. The predicted molar refractivity (Wildman–Crippen MR) is 73.9 cm³/mol. The smallest absolute Gasteiger partial charge is 0.307 e. The molecule has 2 N–H and O–H groups in total. The van der Waals surface area contributed by atoms with Gasteiger partial charge in [0.1, 0.15) is 0 Å². The number of aliphatic carboxylic acids is 1. The monoisotopic (exact) mass is 270 g/mol. The van der Waals surface area contributed by atoms with Gasteiger partial charge in [-0.25, -0.2) is 0 Å². The molecular weight excluding hydrogens is 244 g/mol. The fourth-order valence-corrected chi connectivity index (χ4v) is 2.75. The van der Waals surface area contributed by atoms with E-state index < -0.39 is 11.9 Å². The number of carbonyl (C=O) groups excluding carboxylic acids is 1. The molecule has 0 aromatic heterocycles. The van der Waals surface area contributed by atoms with Gasteiger partial charge in [-0.05, 0) is 38.9 Å². The van der Waals surface area contributed by atoms with Crippen LogP contribution in [-0.2, 0) is 9.59 Å². The van der Waals surface area contributed by atoms with Gasteiger partial charge in [0, 0.05) is 6.54 Å². The highest BCUT2D eigenvalue weighted by Gasteiger charge is 2.37. The molecule has 0 aromatic carbocycles. The molecule has 5 heteroatoms. The Morgan fingerprint density at radius 1 is 1.21 bits per heavy atom. The highest BCUT2D eigenvalue weighted by Crippen LogP contribution is 2.31. The van der Waals surface area contributed by atoms with E-state index >= 15 is 0 Å². The van der Waals surface area contributed by atoms with E-state index in [4.69, 9.17) is 5.11 Å². The van der Waals surface area contributed by atoms with Crippen molar-refractivity contribution in [1.82, 2.24) is 10.2 Å². The van der Waals surface area contributed by atoms with Crippen LogP contribution in [0.3, 0.4) is 0 Å². The summed E-state index contributed by atoms with van der Waals surface area (Å²) in [5.41, 5.74) is 0. The Morgan fingerprint density at radius 2 is 1.84 bits per heavy atom. The highest BCUT2D eigenvalue weighted by atomic mass is 16.4. The van der Waals surface area contributed by atoms with Gasteiger partial charge >= 0.3 is 5.97 Å². The summed E-state index contributed by atoms with van der Waals surface area (Å²) in [6, 6.07) is 0. The summed E-state index contributed by atoms with van der Waals surface area (Å²) in [6.45, 7) is 7.90. The van der Waals surface area contributed by atoms with Gasteiger partial charge in [-0.1, -0.05) is 20.3 Å². The van der Waals surface area contributed by atoms with Crippen LogP contribution in [-0.4, -0.2) is 48.1 Å². The average molecular weight is 270 g/mol. The third-order valence-electron chi connectivity index (χ3n) is 4.01. The van der Waals surface area contributed by atoms with Crippen LogP contribution in [0.2, 0.25) is 0 Å². The van der Waals surface area contributed by atoms with Gasteiger partial charge in [-0.2, -0.15) is 0 Å². The van der Waals surface area contributed by atoms with Gasteiger partial charge in [0.05, 0.1) is 11.8 Å². The normalized spacial score (nSPS) is 22.7. The number of nitrogens with zero attached hydrogens (tertiary/aromatic N) is 1. The van der Waals surface area contributed by atoms with E-state index in [9.17, 15) is 9.59 Å². The minimum Gasteiger partial charge on any atom is -0.481 e. The van der Waals surface area contributed by atoms with Crippen molar-refractivity contribution < 1.29 is 14.7 Å². The third kappa shape index (κ3) is 4.82. The number of carbonyl (C=O) groups is 2. The zero-order chi connectivity index (χ0) is 14.3. The Hall–Kier alpha value is -1.10. The largest absolute Gasteiger partial charge is 0.481 e. The quantitative estimate of drug-likeness (QED) is 0.653. The standard InChI is InChI=1S/C14H26N2O3/c1-3-16(4-2)10-6-9-15-13(17)11-7-5-8-12(11)14(18)19/h11-12H,3-10H2,1-2H3,(H,15,17)(H,18,19). The summed E-state index contributed by atoms with van der Waals surface area (Å²) >= 11 is 0. The van der Waals surface area contributed by atoms with E-state index in [1.54, 1.807) is 0 Å². The van der Waals surface area contributed by atoms with E-state index in [-0.39, 0.29) is 11.8 Å². The van der Waals surface area contributed by atoms with Gasteiger partial charge in [0.2, 0.25) is 5.91 Å². The Labute approximate surface area is 115 Å². The fraction of sp³-hybridized carbons (Fsp3) is 0.857. The minimum atomic E-state index is -0.833. The van der Waals surface area contributed by atoms with Crippen LogP contribution >= 0.6 is 0 Å². The number of nitrogens with one attached hydrogen (secondary N) is 1. The molecule has 5 nitrogen and oxygen atoms in total. The topological polar surface area (TPSA) is 69.6 Å². The van der Waals surface area contributed by atoms with Crippen molar-refractivity contribution in [2.24, 2.45) is 11.8 Å². The van der Waals surface area contributed by atoms with Crippen LogP contribution in [0.1, 0.15) is 39.5 Å². The van der Waals surface area contributed by atoms with Crippen LogP contribution in [0.5, 0.6) is 0 Å². The van der Waals surface area contributed by atoms with Crippen LogP contribution in [0, 0.1) is 11.8 Å². The average Bonchev–Trinajstić information content (AvgIpc) is 2.88. The van der Waals surface area contributed by atoms with Gasteiger partial charge in [-0.15, -0.1) is 0 Å². The summed E-state index contributed by atoms with van der Waals surface area (Å²) in [7, 11) is 0. The molecule has 110 valence electrons. The first-order valence-corrected chi connectivity index (χ1v) is 7.33. The molecule has 2 unspecified atom stereocenters. The molecule has 0 spiro atoms. The predicted octanol–water partition coefficient (Wildman–Crippen LogP) is 1.34. The molecule has 0 bridgehead atoms. The van der Waals surface area contributed by atoms with Gasteiger partial charge in [0.15, 0.2) is 0 Å². The molecule has 0 aliphatic heterocycles. The Balaban J connectivity index is 2.26. The molecule has 0 radical (unpaired) electrons. The summed E-state index contributed by atoms with van der Waals surface area (Å²) in [4.78, 5) is 25.3. The van der Waals surface area contributed by atoms with E-state index in [0.29, 0.717) is 19.4 Å². The molecule has 1 aliphatic carbocycles. The lowest BCUT2D eigenvalue weighted by atomic mass is 9.95. The van der Waals surface area contributed by atoms with Crippen molar-refractivity contribution >= 4 is 11.9 Å². The number of carboxylic acids is 1. The highest BCUT2D eigenvalue weighted by molar-refractivity contribution is 5.85. The summed E-state index contributed by atoms with van der Waals surface area (Å²) < 4.78 is 0. The molecule has 1 rings (SSSR count). The van der Waals surface area contributed by atoms with E-state index in [2.05, 4.69) is 24.1 Å². The molecular formula is C14H26N2O3. The van der Waals surface area contributed by atoms with E-state index in [1.165, 1.54) is 0 Å². The van der Waals surface area contributed by atoms with Crippen molar-refractivity contribution in [1.29, 1.82) is 0 Å². The zero-order valence-electron chi connectivity index (χ0n) is 12.0. The number of rotatable bonds is 8. The minimum absolute atomic E-state index is 0.0792. The lowest BCUT2D eigenvalue weighted by Gasteiger charge is -2.19. The Bertz CT molecular complexity index is 303. The van der Waals surface area contributed by atoms with Crippen molar-refractivity contribution in [2.45, 2.75) is 39.5 Å². The lowest BCUT2D eigenvalue weighted by molar-refractivity contribution is -0.146. The molecule has 19 heavy (non-hydrogen) atoms. The number of hydrogen-bond acceptors (Lipinski definition) is 3. The zero-order valence-corrected chi connectivity index (χ0v) is 12.0. The summed E-state index contributed by atoms with van der Waals surface area (Å²) in [5, 5.41) is 11.9. The molecule has 1 saturated carbocycles. The molecule has 0 saturated heterocycles. The SMILES string of the molecule is CCN(CC)CCCNC(=O)C1CCCC1C(=O)O. The maximum atomic E-state index is 12.0. The second-order valence-electron chi connectivity index (χ2n) is 5.15. The molecule has 2 atom stereocenters. The maximum absolute atomic E-state index is 12.0. The second-order valence-corrected chi connectivity index (χ2v) is 5.15. The van der Waals surface area contributed by atoms with Gasteiger partial charge in [-0.3, -0.25) is 9.59 Å². The maximum Gasteiger partial charge on any atom is 0.307 e. The molecule has 1 amide bonds. The second kappa shape index (κ2) is 8.15. The van der Waals surface area contributed by atoms with Crippen LogP contribution in [0.15, 0.2) is 0 Å².